The van der Waals surface area contributed by atoms with Crippen LogP contribution < -0.4 is 16.6 Å². The van der Waals surface area contributed by atoms with E-state index in [1.807, 2.05) is 66.7 Å². The highest BCUT2D eigenvalue weighted by molar-refractivity contribution is 7.80. The second kappa shape index (κ2) is 7.21. The van der Waals surface area contributed by atoms with Gasteiger partial charge in [-0.25, -0.2) is 0 Å². The lowest BCUT2D eigenvalue weighted by molar-refractivity contribution is -0.116. The van der Waals surface area contributed by atoms with E-state index in [-0.39, 0.29) is 11.0 Å². The number of carbonyl (C=O) groups is 1. The molecule has 106 valence electrons. The summed E-state index contributed by atoms with van der Waals surface area (Å²) in [7, 11) is 0. The quantitative estimate of drug-likeness (QED) is 0.351. The maximum atomic E-state index is 12.3. The SMILES string of the molecule is NC(=S)NNC(=O)/C(=C/c1ccccc1)c1ccccc1. The summed E-state index contributed by atoms with van der Waals surface area (Å²) >= 11 is 4.68. The zero-order valence-electron chi connectivity index (χ0n) is 11.2. The highest BCUT2D eigenvalue weighted by Crippen LogP contribution is 2.18. The Labute approximate surface area is 128 Å². The largest absolute Gasteiger partial charge is 0.375 e. The number of benzene rings is 2. The Balaban J connectivity index is 2.33. The van der Waals surface area contributed by atoms with Gasteiger partial charge in [-0.05, 0) is 29.4 Å². The molecule has 0 fully saturated rings. The molecule has 0 aliphatic heterocycles. The molecule has 0 atom stereocenters. The first kappa shape index (κ1) is 14.7. The molecular formula is C16H15N3OS. The van der Waals surface area contributed by atoms with E-state index in [0.717, 1.165) is 11.1 Å². The highest BCUT2D eigenvalue weighted by atomic mass is 32.1. The van der Waals surface area contributed by atoms with Crippen LogP contribution >= 0.6 is 12.2 Å². The maximum absolute atomic E-state index is 12.3. The third kappa shape index (κ3) is 4.43. The molecule has 0 saturated carbocycles. The fourth-order valence-corrected chi connectivity index (χ4v) is 1.85. The Kier molecular flexibility index (Phi) is 5.06. The van der Waals surface area contributed by atoms with Crippen molar-refractivity contribution in [3.63, 3.8) is 0 Å². The minimum atomic E-state index is -0.308. The average Bonchev–Trinajstić information content (AvgIpc) is 2.52. The van der Waals surface area contributed by atoms with Crippen LogP contribution in [0.1, 0.15) is 11.1 Å². The molecule has 0 saturated heterocycles. The standard InChI is InChI=1S/C16H15N3OS/c17-16(21)19-18-15(20)14(13-9-5-2-6-10-13)11-12-7-3-1-4-8-12/h1-11H,(H,18,20)(H3,17,19,21)/b14-11+. The molecular weight excluding hydrogens is 282 g/mol. The second-order valence-electron chi connectivity index (χ2n) is 4.28. The zero-order chi connectivity index (χ0) is 15.1. The minimum absolute atomic E-state index is 0.00970. The average molecular weight is 297 g/mol. The number of hydrazine groups is 1. The van der Waals surface area contributed by atoms with Crippen molar-refractivity contribution >= 4 is 34.9 Å². The summed E-state index contributed by atoms with van der Waals surface area (Å²) in [5, 5.41) is 0.00970. The van der Waals surface area contributed by atoms with Gasteiger partial charge in [0, 0.05) is 5.57 Å². The highest BCUT2D eigenvalue weighted by Gasteiger charge is 2.11. The number of hydrogen-bond acceptors (Lipinski definition) is 2. The van der Waals surface area contributed by atoms with E-state index in [2.05, 4.69) is 23.1 Å². The predicted octanol–water partition coefficient (Wildman–Crippen LogP) is 2.09. The van der Waals surface area contributed by atoms with Gasteiger partial charge in [0.1, 0.15) is 0 Å². The number of carbonyl (C=O) groups excluding carboxylic acids is 1. The molecule has 0 radical (unpaired) electrons. The van der Waals surface area contributed by atoms with Crippen molar-refractivity contribution < 1.29 is 4.79 Å². The fourth-order valence-electron chi connectivity index (χ4n) is 1.80. The molecule has 4 nitrogen and oxygen atoms in total. The van der Waals surface area contributed by atoms with Crippen molar-refractivity contribution in [3.05, 3.63) is 71.8 Å². The number of thiocarbonyl (C=S) groups is 1. The number of rotatable bonds is 3. The van der Waals surface area contributed by atoms with Crippen LogP contribution in [0.15, 0.2) is 60.7 Å². The third-order valence-electron chi connectivity index (χ3n) is 2.74. The summed E-state index contributed by atoms with van der Waals surface area (Å²) in [6.45, 7) is 0. The van der Waals surface area contributed by atoms with Crippen LogP contribution in [-0.4, -0.2) is 11.0 Å². The van der Waals surface area contributed by atoms with Gasteiger partial charge >= 0.3 is 0 Å². The summed E-state index contributed by atoms with van der Waals surface area (Å²) in [4.78, 5) is 12.3. The summed E-state index contributed by atoms with van der Waals surface area (Å²) in [6.07, 6.45) is 1.81. The van der Waals surface area contributed by atoms with Gasteiger partial charge in [-0.15, -0.1) is 0 Å². The predicted molar refractivity (Wildman–Crippen MR) is 88.8 cm³/mol. The normalized spacial score (nSPS) is 10.8. The molecule has 0 heterocycles. The molecule has 0 aliphatic rings. The number of nitrogens with two attached hydrogens (primary N) is 1. The molecule has 0 aromatic heterocycles. The lowest BCUT2D eigenvalue weighted by atomic mass is 10.0. The van der Waals surface area contributed by atoms with Gasteiger partial charge in [-0.2, -0.15) is 0 Å². The second-order valence-corrected chi connectivity index (χ2v) is 4.72. The van der Waals surface area contributed by atoms with Crippen molar-refractivity contribution in [1.29, 1.82) is 0 Å². The van der Waals surface area contributed by atoms with E-state index in [1.165, 1.54) is 0 Å². The molecule has 0 aliphatic carbocycles. The van der Waals surface area contributed by atoms with E-state index in [1.54, 1.807) is 0 Å². The van der Waals surface area contributed by atoms with E-state index in [9.17, 15) is 4.79 Å². The van der Waals surface area contributed by atoms with Crippen molar-refractivity contribution in [2.45, 2.75) is 0 Å². The van der Waals surface area contributed by atoms with Crippen LogP contribution in [0.2, 0.25) is 0 Å². The van der Waals surface area contributed by atoms with Gasteiger partial charge in [0.15, 0.2) is 5.11 Å². The van der Waals surface area contributed by atoms with Crippen molar-refractivity contribution in [1.82, 2.24) is 10.9 Å². The molecule has 1 amide bonds. The Hall–Kier alpha value is -2.66. The molecule has 4 N–H and O–H groups in total. The monoisotopic (exact) mass is 297 g/mol. The van der Waals surface area contributed by atoms with Gasteiger partial charge in [0.2, 0.25) is 0 Å². The van der Waals surface area contributed by atoms with Gasteiger partial charge in [-0.3, -0.25) is 15.6 Å². The first-order valence-corrected chi connectivity index (χ1v) is 6.75. The molecule has 0 bridgehead atoms. The Morgan fingerprint density at radius 2 is 1.52 bits per heavy atom. The minimum Gasteiger partial charge on any atom is -0.375 e. The summed E-state index contributed by atoms with van der Waals surface area (Å²) in [5.41, 5.74) is 12.5. The molecule has 2 aromatic carbocycles. The Morgan fingerprint density at radius 1 is 0.952 bits per heavy atom. The number of amides is 1. The van der Waals surface area contributed by atoms with Gasteiger partial charge < -0.3 is 5.73 Å². The smallest absolute Gasteiger partial charge is 0.270 e. The van der Waals surface area contributed by atoms with Crippen molar-refractivity contribution in [2.75, 3.05) is 0 Å². The van der Waals surface area contributed by atoms with E-state index >= 15 is 0 Å². The van der Waals surface area contributed by atoms with Crippen LogP contribution in [0, 0.1) is 0 Å². The molecule has 0 spiro atoms. The topological polar surface area (TPSA) is 67.2 Å². The molecule has 0 unspecified atom stereocenters. The van der Waals surface area contributed by atoms with E-state index < -0.39 is 0 Å². The van der Waals surface area contributed by atoms with Gasteiger partial charge in [-0.1, -0.05) is 60.7 Å². The fraction of sp³-hybridized carbons (Fsp3) is 0. The number of hydrogen-bond donors (Lipinski definition) is 3. The Bertz CT molecular complexity index is 654. The van der Waals surface area contributed by atoms with Crippen molar-refractivity contribution in [3.8, 4) is 0 Å². The van der Waals surface area contributed by atoms with Crippen LogP contribution in [0.3, 0.4) is 0 Å². The van der Waals surface area contributed by atoms with Crippen molar-refractivity contribution in [2.24, 2.45) is 5.73 Å². The molecule has 2 rings (SSSR count). The lowest BCUT2D eigenvalue weighted by Crippen LogP contribution is -2.44. The molecule has 21 heavy (non-hydrogen) atoms. The van der Waals surface area contributed by atoms with Crippen LogP contribution in [-0.2, 0) is 4.79 Å². The molecule has 2 aromatic rings. The number of nitrogens with one attached hydrogen (secondary N) is 2. The first-order valence-electron chi connectivity index (χ1n) is 6.35. The lowest BCUT2D eigenvalue weighted by Gasteiger charge is -2.10. The summed E-state index contributed by atoms with van der Waals surface area (Å²) < 4.78 is 0. The summed E-state index contributed by atoms with van der Waals surface area (Å²) in [5.74, 6) is -0.308. The van der Waals surface area contributed by atoms with Crippen LogP contribution in [0.25, 0.3) is 11.6 Å². The zero-order valence-corrected chi connectivity index (χ0v) is 12.1. The van der Waals surface area contributed by atoms with Gasteiger partial charge in [0.05, 0.1) is 0 Å². The first-order chi connectivity index (χ1) is 10.2. The van der Waals surface area contributed by atoms with E-state index in [0.29, 0.717) is 5.57 Å². The van der Waals surface area contributed by atoms with Crippen LogP contribution in [0.5, 0.6) is 0 Å². The Morgan fingerprint density at radius 3 is 2.10 bits per heavy atom. The molecule has 5 heteroatoms. The summed E-state index contributed by atoms with van der Waals surface area (Å²) in [6, 6.07) is 19.0. The van der Waals surface area contributed by atoms with Crippen LogP contribution in [0.4, 0.5) is 0 Å². The maximum Gasteiger partial charge on any atom is 0.270 e. The van der Waals surface area contributed by atoms with E-state index in [4.69, 9.17) is 5.73 Å². The third-order valence-corrected chi connectivity index (χ3v) is 2.84. The van der Waals surface area contributed by atoms with Gasteiger partial charge in [0.25, 0.3) is 5.91 Å².